The second-order valence-electron chi connectivity index (χ2n) is 2.95. The molecule has 0 fully saturated rings. The Morgan fingerprint density at radius 2 is 1.50 bits per heavy atom. The van der Waals surface area contributed by atoms with Gasteiger partial charge in [0.2, 0.25) is 0 Å². The Labute approximate surface area is 78.6 Å². The maximum atomic E-state index is 13.0. The number of halogens is 2. The minimum Gasteiger partial charge on any atom is -0.504 e. The molecule has 0 aliphatic heterocycles. The van der Waals surface area contributed by atoms with Gasteiger partial charge in [0.25, 0.3) is 0 Å². The van der Waals surface area contributed by atoms with Crippen molar-refractivity contribution in [1.82, 2.24) is 0 Å². The molecule has 0 radical (unpaired) electrons. The normalized spacial score (nSPS) is 10.7. The van der Waals surface area contributed by atoms with Gasteiger partial charge in [-0.1, -0.05) is 0 Å². The highest BCUT2D eigenvalue weighted by atomic mass is 19.1. The van der Waals surface area contributed by atoms with Gasteiger partial charge in [0, 0.05) is 10.8 Å². The number of phenolic OH excluding ortho intramolecular Hbond substituents is 1. The summed E-state index contributed by atoms with van der Waals surface area (Å²) < 4.78 is 25.9. The predicted molar refractivity (Wildman–Crippen MR) is 49.9 cm³/mol. The van der Waals surface area contributed by atoms with Crippen LogP contribution >= 0.6 is 0 Å². The summed E-state index contributed by atoms with van der Waals surface area (Å²) in [6.07, 6.45) is 0. The van der Waals surface area contributed by atoms with Crippen LogP contribution < -0.4 is 5.73 Å². The monoisotopic (exact) mass is 195 g/mol. The van der Waals surface area contributed by atoms with Crippen molar-refractivity contribution in [2.75, 3.05) is 5.73 Å². The molecule has 4 heteroatoms. The molecule has 2 rings (SSSR count). The Morgan fingerprint density at radius 1 is 0.929 bits per heavy atom. The highest BCUT2D eigenvalue weighted by Crippen LogP contribution is 2.32. The molecule has 0 aromatic heterocycles. The van der Waals surface area contributed by atoms with Crippen molar-refractivity contribution in [2.45, 2.75) is 0 Å². The summed E-state index contributed by atoms with van der Waals surface area (Å²) in [7, 11) is 0. The van der Waals surface area contributed by atoms with E-state index < -0.39 is 17.4 Å². The topological polar surface area (TPSA) is 46.2 Å². The summed E-state index contributed by atoms with van der Waals surface area (Å²) in [4.78, 5) is 0. The molecule has 0 aliphatic rings. The highest BCUT2D eigenvalue weighted by Gasteiger charge is 2.09. The lowest BCUT2D eigenvalue weighted by molar-refractivity contribution is 0.439. The number of nitrogens with two attached hydrogens (primary N) is 1. The van der Waals surface area contributed by atoms with Gasteiger partial charge < -0.3 is 10.8 Å². The van der Waals surface area contributed by atoms with Gasteiger partial charge in [0.05, 0.1) is 5.69 Å². The third-order valence-electron chi connectivity index (χ3n) is 2.11. The minimum absolute atomic E-state index is 0.0854. The fourth-order valence-corrected chi connectivity index (χ4v) is 1.36. The maximum Gasteiger partial charge on any atom is 0.165 e. The van der Waals surface area contributed by atoms with Crippen molar-refractivity contribution in [1.29, 1.82) is 0 Å². The van der Waals surface area contributed by atoms with Gasteiger partial charge in [-0.15, -0.1) is 0 Å². The van der Waals surface area contributed by atoms with E-state index in [1.54, 1.807) is 0 Å². The van der Waals surface area contributed by atoms with E-state index in [1.165, 1.54) is 12.1 Å². The first-order valence-electron chi connectivity index (χ1n) is 3.96. The van der Waals surface area contributed by atoms with Crippen LogP contribution in [0.25, 0.3) is 10.8 Å². The van der Waals surface area contributed by atoms with E-state index in [2.05, 4.69) is 0 Å². The summed E-state index contributed by atoms with van der Waals surface area (Å²) in [5.74, 6) is -1.83. The molecule has 0 atom stereocenters. The first-order valence-corrected chi connectivity index (χ1v) is 3.96. The number of phenols is 1. The molecule has 0 aliphatic carbocycles. The molecule has 2 aromatic rings. The molecule has 72 valence electrons. The number of nitrogen functional groups attached to an aromatic ring is 1. The van der Waals surface area contributed by atoms with Crippen LogP contribution in [0.15, 0.2) is 24.3 Å². The van der Waals surface area contributed by atoms with Crippen LogP contribution in [0.2, 0.25) is 0 Å². The number of hydrogen-bond acceptors (Lipinski definition) is 2. The fraction of sp³-hybridized carbons (Fsp3) is 0. The lowest BCUT2D eigenvalue weighted by Gasteiger charge is -2.05. The van der Waals surface area contributed by atoms with Gasteiger partial charge in [-0.3, -0.25) is 0 Å². The van der Waals surface area contributed by atoms with Crippen LogP contribution in [0.3, 0.4) is 0 Å². The van der Waals surface area contributed by atoms with Crippen LogP contribution in [0.4, 0.5) is 14.5 Å². The fourth-order valence-electron chi connectivity index (χ4n) is 1.36. The number of aromatic hydroxyl groups is 1. The number of hydrogen-bond donors (Lipinski definition) is 2. The van der Waals surface area contributed by atoms with E-state index >= 15 is 0 Å². The van der Waals surface area contributed by atoms with Crippen LogP contribution in [0.5, 0.6) is 5.75 Å². The highest BCUT2D eigenvalue weighted by molar-refractivity contribution is 5.96. The standard InChI is InChI=1S/C10H7F2NO/c11-7-3-2-6-5(9(7)13)1-4-8(12)10(6)14/h1-4,14H,13H2. The van der Waals surface area contributed by atoms with E-state index in [-0.39, 0.29) is 11.1 Å². The molecule has 0 saturated heterocycles. The van der Waals surface area contributed by atoms with E-state index in [0.29, 0.717) is 5.39 Å². The first-order chi connectivity index (χ1) is 6.61. The summed E-state index contributed by atoms with van der Waals surface area (Å²) in [5.41, 5.74) is 5.34. The van der Waals surface area contributed by atoms with Crippen molar-refractivity contribution >= 4 is 16.5 Å². The van der Waals surface area contributed by atoms with Gasteiger partial charge in [-0.2, -0.15) is 0 Å². The van der Waals surface area contributed by atoms with Gasteiger partial charge in [0.1, 0.15) is 5.82 Å². The van der Waals surface area contributed by atoms with Crippen molar-refractivity contribution in [3.05, 3.63) is 35.9 Å². The number of rotatable bonds is 0. The summed E-state index contributed by atoms with van der Waals surface area (Å²) in [6, 6.07) is 4.77. The van der Waals surface area contributed by atoms with Crippen LogP contribution in [0.1, 0.15) is 0 Å². The zero-order valence-electron chi connectivity index (χ0n) is 7.09. The Balaban J connectivity index is 2.94. The van der Waals surface area contributed by atoms with Crippen molar-refractivity contribution in [3.8, 4) is 5.75 Å². The number of fused-ring (bicyclic) bond motifs is 1. The molecule has 0 saturated carbocycles. The second kappa shape index (κ2) is 2.83. The lowest BCUT2D eigenvalue weighted by atomic mass is 10.1. The van der Waals surface area contributed by atoms with E-state index in [0.717, 1.165) is 12.1 Å². The van der Waals surface area contributed by atoms with Gasteiger partial charge in [-0.25, -0.2) is 8.78 Å². The van der Waals surface area contributed by atoms with Crippen LogP contribution in [-0.4, -0.2) is 5.11 Å². The SMILES string of the molecule is Nc1c(F)ccc2c(O)c(F)ccc12. The molecular weight excluding hydrogens is 188 g/mol. The molecule has 0 spiro atoms. The Morgan fingerprint density at radius 3 is 2.21 bits per heavy atom. The molecule has 3 N–H and O–H groups in total. The zero-order valence-corrected chi connectivity index (χ0v) is 7.09. The smallest absolute Gasteiger partial charge is 0.165 e. The third-order valence-corrected chi connectivity index (χ3v) is 2.11. The van der Waals surface area contributed by atoms with Gasteiger partial charge >= 0.3 is 0 Å². The Bertz CT molecular complexity index is 464. The van der Waals surface area contributed by atoms with Crippen molar-refractivity contribution < 1.29 is 13.9 Å². The molecule has 2 nitrogen and oxygen atoms in total. The van der Waals surface area contributed by atoms with Crippen LogP contribution in [-0.2, 0) is 0 Å². The molecule has 0 bridgehead atoms. The number of anilines is 1. The largest absolute Gasteiger partial charge is 0.504 e. The first kappa shape index (κ1) is 8.74. The molecule has 0 heterocycles. The summed E-state index contributed by atoms with van der Waals surface area (Å²) in [6.45, 7) is 0. The molecular formula is C10H7F2NO. The lowest BCUT2D eigenvalue weighted by Crippen LogP contribution is -1.92. The van der Waals surface area contributed by atoms with E-state index in [4.69, 9.17) is 5.73 Å². The summed E-state index contributed by atoms with van der Waals surface area (Å²) >= 11 is 0. The van der Waals surface area contributed by atoms with E-state index in [9.17, 15) is 13.9 Å². The number of benzene rings is 2. The molecule has 0 amide bonds. The molecule has 2 aromatic carbocycles. The predicted octanol–water partition coefficient (Wildman–Crippen LogP) is 2.41. The Kier molecular flexibility index (Phi) is 1.77. The van der Waals surface area contributed by atoms with Crippen molar-refractivity contribution in [2.24, 2.45) is 0 Å². The quantitative estimate of drug-likeness (QED) is 0.634. The zero-order chi connectivity index (χ0) is 10.3. The second-order valence-corrected chi connectivity index (χ2v) is 2.95. The average molecular weight is 195 g/mol. The van der Waals surface area contributed by atoms with Crippen molar-refractivity contribution in [3.63, 3.8) is 0 Å². The van der Waals surface area contributed by atoms with Gasteiger partial charge in [0.15, 0.2) is 11.6 Å². The maximum absolute atomic E-state index is 13.0. The third kappa shape index (κ3) is 1.08. The minimum atomic E-state index is -0.747. The molecule has 14 heavy (non-hydrogen) atoms. The Hall–Kier alpha value is -1.84. The van der Waals surface area contributed by atoms with Crippen LogP contribution in [0, 0.1) is 11.6 Å². The summed E-state index contributed by atoms with van der Waals surface area (Å²) in [5, 5.41) is 9.84. The molecule has 0 unspecified atom stereocenters. The van der Waals surface area contributed by atoms with Gasteiger partial charge in [-0.05, 0) is 24.3 Å². The average Bonchev–Trinajstić information content (AvgIpc) is 2.17. The van der Waals surface area contributed by atoms with E-state index in [1.807, 2.05) is 0 Å².